The van der Waals surface area contributed by atoms with Crippen LogP contribution in [0.2, 0.25) is 0 Å². The number of nitrogens with zero attached hydrogens (tertiary/aromatic N) is 2. The third-order valence-corrected chi connectivity index (χ3v) is 5.50. The summed E-state index contributed by atoms with van der Waals surface area (Å²) in [5, 5.41) is 0.958. The van der Waals surface area contributed by atoms with E-state index in [9.17, 15) is 4.79 Å². The second-order valence-corrected chi connectivity index (χ2v) is 7.37. The van der Waals surface area contributed by atoms with E-state index in [1.54, 1.807) is 0 Å². The van der Waals surface area contributed by atoms with Crippen LogP contribution in [0.4, 0.5) is 0 Å². The summed E-state index contributed by atoms with van der Waals surface area (Å²) in [6.45, 7) is 4.53. The molecule has 27 heavy (non-hydrogen) atoms. The van der Waals surface area contributed by atoms with Crippen LogP contribution in [0.15, 0.2) is 33.1 Å². The number of hydrogen-bond donors (Lipinski definition) is 0. The van der Waals surface area contributed by atoms with E-state index < -0.39 is 0 Å². The molecule has 2 aliphatic rings. The van der Waals surface area contributed by atoms with Crippen LogP contribution in [0, 0.1) is 6.92 Å². The number of carbonyl (C=O) groups is 1. The van der Waals surface area contributed by atoms with Gasteiger partial charge in [-0.2, -0.15) is 0 Å². The normalized spacial score (nSPS) is 18.0. The van der Waals surface area contributed by atoms with Crippen molar-refractivity contribution in [1.29, 1.82) is 0 Å². The molecule has 3 aromatic rings. The van der Waals surface area contributed by atoms with E-state index >= 15 is 0 Å². The summed E-state index contributed by atoms with van der Waals surface area (Å²) in [5.74, 6) is 2.85. The van der Waals surface area contributed by atoms with Gasteiger partial charge in [0, 0.05) is 37.5 Å². The second kappa shape index (κ2) is 6.53. The Bertz CT molecular complexity index is 997. The summed E-state index contributed by atoms with van der Waals surface area (Å²) in [4.78, 5) is 19.7. The molecule has 0 bridgehead atoms. The van der Waals surface area contributed by atoms with E-state index in [4.69, 9.17) is 18.6 Å². The lowest BCUT2D eigenvalue weighted by Crippen LogP contribution is -2.35. The highest BCUT2D eigenvalue weighted by molar-refractivity contribution is 6.05. The van der Waals surface area contributed by atoms with Crippen molar-refractivity contribution in [3.05, 3.63) is 52.9 Å². The van der Waals surface area contributed by atoms with Gasteiger partial charge < -0.3 is 18.5 Å². The standard InChI is InChI=1S/C21H22N2O4/c1-13-11-15-3-2-4-16(19(15)26-13)21(24)23-8-5-18-17(12-23)22-20(27-18)14-6-9-25-10-7-14/h2-4,11,14H,5-10,12H2,1H3. The Morgan fingerprint density at radius 2 is 2.07 bits per heavy atom. The number of carbonyl (C=O) groups excluding carboxylic acids is 1. The van der Waals surface area contributed by atoms with E-state index in [2.05, 4.69) is 0 Å². The molecule has 0 spiro atoms. The monoisotopic (exact) mass is 366 g/mol. The van der Waals surface area contributed by atoms with Gasteiger partial charge in [-0.1, -0.05) is 12.1 Å². The summed E-state index contributed by atoms with van der Waals surface area (Å²) in [6.07, 6.45) is 2.59. The molecular weight excluding hydrogens is 344 g/mol. The summed E-state index contributed by atoms with van der Waals surface area (Å²) in [6, 6.07) is 7.66. The molecule has 1 fully saturated rings. The smallest absolute Gasteiger partial charge is 0.258 e. The first-order valence-corrected chi connectivity index (χ1v) is 9.53. The number of amides is 1. The van der Waals surface area contributed by atoms with E-state index in [1.807, 2.05) is 36.1 Å². The Morgan fingerprint density at radius 1 is 1.22 bits per heavy atom. The number of oxazole rings is 1. The molecule has 2 aliphatic heterocycles. The Balaban J connectivity index is 1.40. The van der Waals surface area contributed by atoms with Gasteiger partial charge >= 0.3 is 0 Å². The zero-order valence-electron chi connectivity index (χ0n) is 15.4. The Labute approximate surface area is 157 Å². The van der Waals surface area contributed by atoms with Gasteiger partial charge in [0.2, 0.25) is 0 Å². The third-order valence-electron chi connectivity index (χ3n) is 5.50. The molecule has 0 radical (unpaired) electrons. The van der Waals surface area contributed by atoms with Gasteiger partial charge in [0.25, 0.3) is 5.91 Å². The highest BCUT2D eigenvalue weighted by Crippen LogP contribution is 2.31. The Morgan fingerprint density at radius 3 is 2.93 bits per heavy atom. The fourth-order valence-electron chi connectivity index (χ4n) is 4.04. The van der Waals surface area contributed by atoms with Crippen LogP contribution in [0.3, 0.4) is 0 Å². The lowest BCUT2D eigenvalue weighted by Gasteiger charge is -2.25. The molecule has 0 saturated carbocycles. The molecule has 5 rings (SSSR count). The van der Waals surface area contributed by atoms with Gasteiger partial charge in [0.05, 0.1) is 12.1 Å². The minimum absolute atomic E-state index is 0.0174. The number of benzene rings is 1. The average molecular weight is 366 g/mol. The minimum Gasteiger partial charge on any atom is -0.461 e. The van der Waals surface area contributed by atoms with Crippen molar-refractivity contribution < 1.29 is 18.4 Å². The maximum atomic E-state index is 13.1. The van der Waals surface area contributed by atoms with Crippen molar-refractivity contribution in [3.8, 4) is 0 Å². The third kappa shape index (κ3) is 2.94. The van der Waals surface area contributed by atoms with Crippen molar-refractivity contribution in [2.45, 2.75) is 38.6 Å². The van der Waals surface area contributed by atoms with Crippen LogP contribution in [0.25, 0.3) is 11.0 Å². The fraction of sp³-hybridized carbons (Fsp3) is 0.429. The fourth-order valence-corrected chi connectivity index (χ4v) is 4.04. The molecular formula is C21H22N2O4. The molecule has 2 aromatic heterocycles. The molecule has 0 unspecified atom stereocenters. The number of para-hydroxylation sites is 1. The molecule has 6 nitrogen and oxygen atoms in total. The molecule has 1 amide bonds. The SMILES string of the molecule is Cc1cc2cccc(C(=O)N3CCc4oc(C5CCOCC5)nc4C3)c2o1. The molecule has 0 aliphatic carbocycles. The largest absolute Gasteiger partial charge is 0.461 e. The van der Waals surface area contributed by atoms with Gasteiger partial charge in [-0.3, -0.25) is 4.79 Å². The van der Waals surface area contributed by atoms with Gasteiger partial charge in [0.15, 0.2) is 5.89 Å². The van der Waals surface area contributed by atoms with E-state index in [0.29, 0.717) is 36.6 Å². The van der Waals surface area contributed by atoms with Crippen LogP contribution in [-0.2, 0) is 17.7 Å². The number of fused-ring (bicyclic) bond motifs is 2. The Hall–Kier alpha value is -2.60. The lowest BCUT2D eigenvalue weighted by atomic mass is 10.0. The first-order valence-electron chi connectivity index (χ1n) is 9.53. The van der Waals surface area contributed by atoms with E-state index in [1.165, 1.54) is 0 Å². The van der Waals surface area contributed by atoms with E-state index in [0.717, 1.165) is 54.5 Å². The highest BCUT2D eigenvalue weighted by Gasteiger charge is 2.30. The van der Waals surface area contributed by atoms with Crippen LogP contribution in [-0.4, -0.2) is 35.5 Å². The van der Waals surface area contributed by atoms with Crippen LogP contribution in [0.1, 0.15) is 52.2 Å². The van der Waals surface area contributed by atoms with Gasteiger partial charge in [-0.15, -0.1) is 0 Å². The van der Waals surface area contributed by atoms with Crippen LogP contribution >= 0.6 is 0 Å². The summed E-state index contributed by atoms with van der Waals surface area (Å²) in [5.41, 5.74) is 2.16. The molecule has 1 aromatic carbocycles. The lowest BCUT2D eigenvalue weighted by molar-refractivity contribution is 0.0726. The zero-order valence-corrected chi connectivity index (χ0v) is 15.4. The molecule has 6 heteroatoms. The maximum absolute atomic E-state index is 13.1. The van der Waals surface area contributed by atoms with Crippen molar-refractivity contribution in [2.24, 2.45) is 0 Å². The number of ether oxygens (including phenoxy) is 1. The first kappa shape index (κ1) is 16.6. The highest BCUT2D eigenvalue weighted by atomic mass is 16.5. The van der Waals surface area contributed by atoms with Crippen LogP contribution in [0.5, 0.6) is 0 Å². The number of rotatable bonds is 2. The quantitative estimate of drug-likeness (QED) is 0.690. The first-order chi connectivity index (χ1) is 13.2. The predicted octanol–water partition coefficient (Wildman–Crippen LogP) is 3.82. The average Bonchev–Trinajstić information content (AvgIpc) is 3.29. The number of hydrogen-bond acceptors (Lipinski definition) is 5. The summed E-state index contributed by atoms with van der Waals surface area (Å²) in [7, 11) is 0. The summed E-state index contributed by atoms with van der Waals surface area (Å²) < 4.78 is 17.2. The number of aromatic nitrogens is 1. The van der Waals surface area contributed by atoms with Crippen molar-refractivity contribution in [2.75, 3.05) is 19.8 Å². The Kier molecular flexibility index (Phi) is 4.01. The molecule has 140 valence electrons. The van der Waals surface area contributed by atoms with Crippen molar-refractivity contribution in [3.63, 3.8) is 0 Å². The number of aryl methyl sites for hydroxylation is 1. The molecule has 1 saturated heterocycles. The zero-order chi connectivity index (χ0) is 18.4. The molecule has 4 heterocycles. The van der Waals surface area contributed by atoms with Crippen molar-refractivity contribution >= 4 is 16.9 Å². The number of furan rings is 1. The minimum atomic E-state index is -0.0174. The topological polar surface area (TPSA) is 68.7 Å². The van der Waals surface area contributed by atoms with Gasteiger partial charge in [-0.05, 0) is 31.9 Å². The summed E-state index contributed by atoms with van der Waals surface area (Å²) >= 11 is 0. The van der Waals surface area contributed by atoms with E-state index in [-0.39, 0.29) is 5.91 Å². The van der Waals surface area contributed by atoms with Crippen LogP contribution < -0.4 is 0 Å². The maximum Gasteiger partial charge on any atom is 0.258 e. The van der Waals surface area contributed by atoms with Crippen molar-refractivity contribution in [1.82, 2.24) is 9.88 Å². The molecule has 0 N–H and O–H groups in total. The van der Waals surface area contributed by atoms with Gasteiger partial charge in [0.1, 0.15) is 22.8 Å². The predicted molar refractivity (Wildman–Crippen MR) is 98.7 cm³/mol. The van der Waals surface area contributed by atoms with Gasteiger partial charge in [-0.25, -0.2) is 4.98 Å². The molecule has 0 atom stereocenters. The second-order valence-electron chi connectivity index (χ2n) is 7.37.